The van der Waals surface area contributed by atoms with Crippen molar-refractivity contribution >= 4 is 0 Å². The molecule has 0 bridgehead atoms. The largest absolute Gasteiger partial charge is 0.364 e. The topological polar surface area (TPSA) is 58.7 Å². The minimum absolute atomic E-state index is 0.140. The normalized spacial score (nSPS) is 53.7. The van der Waals surface area contributed by atoms with Crippen molar-refractivity contribution in [3.05, 3.63) is 0 Å². The van der Waals surface area contributed by atoms with Crippen LogP contribution >= 0.6 is 0 Å². The Hall–Kier alpha value is -0.240. The van der Waals surface area contributed by atoms with Gasteiger partial charge in [-0.25, -0.2) is 0 Å². The highest BCUT2D eigenvalue weighted by molar-refractivity contribution is 5.16. The Kier molecular flexibility index (Phi) is 2.30. The summed E-state index contributed by atoms with van der Waals surface area (Å²) in [6.07, 6.45) is -0.895. The van der Waals surface area contributed by atoms with E-state index in [4.69, 9.17) is 28.4 Å². The number of rotatable bonds is 1. The van der Waals surface area contributed by atoms with E-state index in [-0.39, 0.29) is 24.6 Å². The number of fused-ring (bicyclic) bond motifs is 2. The van der Waals surface area contributed by atoms with Crippen molar-refractivity contribution in [3.8, 4) is 0 Å². The summed E-state index contributed by atoms with van der Waals surface area (Å²) in [4.78, 5) is 0. The molecule has 4 saturated heterocycles. The minimum atomic E-state index is -0.619. The lowest BCUT2D eigenvalue weighted by atomic mass is 9.95. The molecule has 19 heavy (non-hydrogen) atoms. The first-order valence-electron chi connectivity index (χ1n) is 6.78. The van der Waals surface area contributed by atoms with Crippen LogP contribution in [0.2, 0.25) is 0 Å². The molecular formula is C13H20O6. The zero-order chi connectivity index (χ0) is 13.5. The number of hydrogen-bond acceptors (Lipinski definition) is 6. The lowest BCUT2D eigenvalue weighted by molar-refractivity contribution is -0.228. The maximum atomic E-state index is 6.00. The van der Waals surface area contributed by atoms with E-state index in [1.54, 1.807) is 0 Å². The van der Waals surface area contributed by atoms with Gasteiger partial charge in [0, 0.05) is 0 Å². The molecule has 108 valence electrons. The molecule has 4 aliphatic heterocycles. The van der Waals surface area contributed by atoms with Crippen molar-refractivity contribution in [2.45, 2.75) is 69.5 Å². The summed E-state index contributed by atoms with van der Waals surface area (Å²) in [5.74, 6) is -1.19. The minimum Gasteiger partial charge on any atom is -0.364 e. The highest BCUT2D eigenvalue weighted by atomic mass is 16.9. The van der Waals surface area contributed by atoms with Crippen LogP contribution in [-0.4, -0.2) is 55.0 Å². The molecule has 0 N–H and O–H groups in total. The molecule has 4 aliphatic rings. The van der Waals surface area contributed by atoms with Crippen molar-refractivity contribution in [2.24, 2.45) is 0 Å². The zero-order valence-electron chi connectivity index (χ0n) is 11.7. The van der Waals surface area contributed by atoms with Gasteiger partial charge >= 0.3 is 0 Å². The highest BCUT2D eigenvalue weighted by Gasteiger charge is 2.73. The van der Waals surface area contributed by atoms with Crippen molar-refractivity contribution in [3.63, 3.8) is 0 Å². The molecule has 4 heterocycles. The first-order chi connectivity index (χ1) is 8.81. The van der Waals surface area contributed by atoms with Gasteiger partial charge in [-0.3, -0.25) is 0 Å². The monoisotopic (exact) mass is 272 g/mol. The summed E-state index contributed by atoms with van der Waals surface area (Å²) in [6, 6.07) is 0. The van der Waals surface area contributed by atoms with Gasteiger partial charge in [0.2, 0.25) is 0 Å². The van der Waals surface area contributed by atoms with Crippen LogP contribution in [-0.2, 0) is 28.4 Å². The third-order valence-corrected chi connectivity index (χ3v) is 4.15. The van der Waals surface area contributed by atoms with Gasteiger partial charge in [-0.1, -0.05) is 0 Å². The molecular weight excluding hydrogens is 252 g/mol. The van der Waals surface area contributed by atoms with Crippen molar-refractivity contribution in [2.75, 3.05) is 13.2 Å². The molecule has 0 aromatic rings. The SMILES string of the molecule is CC1(C)OC[C@H]([C@H]2O[C@@H]3OC(C)(C)O[C@@H]3[C@]23CO3)O1. The average Bonchev–Trinajstić information content (AvgIpc) is 2.82. The summed E-state index contributed by atoms with van der Waals surface area (Å²) < 4.78 is 34.9. The quantitative estimate of drug-likeness (QED) is 0.658. The molecule has 0 amide bonds. The standard InChI is InChI=1S/C13H20O6/c1-11(2)14-5-7(17-11)8-13(6-15-13)9-10(16-8)19-12(3,4)18-9/h7-10H,5-6H2,1-4H3/t7-,8-,9+,10-,13+/m1/s1. The van der Waals surface area contributed by atoms with Crippen LogP contribution < -0.4 is 0 Å². The summed E-state index contributed by atoms with van der Waals surface area (Å²) in [5, 5.41) is 0. The summed E-state index contributed by atoms with van der Waals surface area (Å²) in [5.41, 5.74) is -0.424. The van der Waals surface area contributed by atoms with Crippen LogP contribution in [0.3, 0.4) is 0 Å². The van der Waals surface area contributed by atoms with E-state index in [2.05, 4.69) is 0 Å². The van der Waals surface area contributed by atoms with Crippen LogP contribution in [0.5, 0.6) is 0 Å². The van der Waals surface area contributed by atoms with Crippen molar-refractivity contribution in [1.29, 1.82) is 0 Å². The fraction of sp³-hybridized carbons (Fsp3) is 1.00. The second kappa shape index (κ2) is 3.50. The van der Waals surface area contributed by atoms with E-state index in [0.717, 1.165) is 0 Å². The molecule has 5 atom stereocenters. The van der Waals surface area contributed by atoms with E-state index < -0.39 is 17.2 Å². The van der Waals surface area contributed by atoms with Crippen molar-refractivity contribution < 1.29 is 28.4 Å². The molecule has 6 heteroatoms. The van der Waals surface area contributed by atoms with Gasteiger partial charge in [-0.2, -0.15) is 0 Å². The van der Waals surface area contributed by atoms with E-state index in [1.165, 1.54) is 0 Å². The van der Waals surface area contributed by atoms with Crippen LogP contribution in [0.1, 0.15) is 27.7 Å². The van der Waals surface area contributed by atoms with Gasteiger partial charge in [0.25, 0.3) is 0 Å². The van der Waals surface area contributed by atoms with Gasteiger partial charge in [-0.05, 0) is 27.7 Å². The molecule has 4 rings (SSSR count). The Balaban J connectivity index is 1.55. The van der Waals surface area contributed by atoms with Gasteiger partial charge in [0.1, 0.15) is 18.3 Å². The molecule has 0 aromatic heterocycles. The number of ether oxygens (including phenoxy) is 6. The van der Waals surface area contributed by atoms with Crippen LogP contribution in [0.25, 0.3) is 0 Å². The molecule has 4 fully saturated rings. The Bertz CT molecular complexity index is 402. The number of epoxide rings is 1. The van der Waals surface area contributed by atoms with Crippen LogP contribution in [0.15, 0.2) is 0 Å². The van der Waals surface area contributed by atoms with E-state index in [0.29, 0.717) is 13.2 Å². The lowest BCUT2D eigenvalue weighted by Gasteiger charge is -2.27. The average molecular weight is 272 g/mol. The highest BCUT2D eigenvalue weighted by Crippen LogP contribution is 2.53. The van der Waals surface area contributed by atoms with Gasteiger partial charge < -0.3 is 28.4 Å². The molecule has 0 aliphatic carbocycles. The fourth-order valence-electron chi connectivity index (χ4n) is 3.26. The summed E-state index contributed by atoms with van der Waals surface area (Å²) >= 11 is 0. The molecule has 0 unspecified atom stereocenters. The Morgan fingerprint density at radius 1 is 0.842 bits per heavy atom. The third kappa shape index (κ3) is 1.78. The van der Waals surface area contributed by atoms with Gasteiger partial charge in [0.15, 0.2) is 23.5 Å². The molecule has 6 nitrogen and oxygen atoms in total. The fourth-order valence-corrected chi connectivity index (χ4v) is 3.26. The van der Waals surface area contributed by atoms with Gasteiger partial charge in [0.05, 0.1) is 13.2 Å². The maximum Gasteiger partial charge on any atom is 0.190 e. The molecule has 0 saturated carbocycles. The molecule has 0 radical (unpaired) electrons. The first-order valence-corrected chi connectivity index (χ1v) is 6.78. The Labute approximate surface area is 112 Å². The second-order valence-corrected chi connectivity index (χ2v) is 6.59. The van der Waals surface area contributed by atoms with E-state index in [9.17, 15) is 0 Å². The molecule has 0 aromatic carbocycles. The third-order valence-electron chi connectivity index (χ3n) is 4.15. The smallest absolute Gasteiger partial charge is 0.190 e. The molecule has 1 spiro atoms. The number of hydrogen-bond donors (Lipinski definition) is 0. The van der Waals surface area contributed by atoms with Gasteiger partial charge in [-0.15, -0.1) is 0 Å². The van der Waals surface area contributed by atoms with Crippen LogP contribution in [0.4, 0.5) is 0 Å². The summed E-state index contributed by atoms with van der Waals surface area (Å²) in [6.45, 7) is 8.71. The predicted molar refractivity (Wildman–Crippen MR) is 62.3 cm³/mol. The Morgan fingerprint density at radius 3 is 2.16 bits per heavy atom. The first kappa shape index (κ1) is 12.5. The summed E-state index contributed by atoms with van der Waals surface area (Å²) in [7, 11) is 0. The Morgan fingerprint density at radius 2 is 1.58 bits per heavy atom. The maximum absolute atomic E-state index is 6.00. The predicted octanol–water partition coefficient (Wildman–Crippen LogP) is 0.783. The van der Waals surface area contributed by atoms with E-state index in [1.807, 2.05) is 27.7 Å². The van der Waals surface area contributed by atoms with E-state index >= 15 is 0 Å². The lowest BCUT2D eigenvalue weighted by Crippen LogP contribution is -2.45. The zero-order valence-corrected chi connectivity index (χ0v) is 11.7. The second-order valence-electron chi connectivity index (χ2n) is 6.59. The van der Waals surface area contributed by atoms with Crippen molar-refractivity contribution in [1.82, 2.24) is 0 Å². The van der Waals surface area contributed by atoms with Crippen LogP contribution in [0, 0.1) is 0 Å².